The zero-order chi connectivity index (χ0) is 24.2. The molecule has 2 aromatic carbocycles. The standard InChI is InChI=1S/C25H22ClN5O2S2/c26-20-4-2-1-3-18(20)13-23(32)31-11-9-17(10-12-31)25-28-22(14-34-25)24(33)27-19-7-5-16(6-8-19)21-15-35-30-29-21/h1-8,14-15,17H,9-13H2,(H,27,33). The predicted octanol–water partition coefficient (Wildman–Crippen LogP) is 5.52. The number of carbonyl (C=O) groups is 2. The maximum atomic E-state index is 12.7. The van der Waals surface area contributed by atoms with Crippen LogP contribution in [0.4, 0.5) is 5.69 Å². The van der Waals surface area contributed by atoms with Crippen molar-refractivity contribution in [3.63, 3.8) is 0 Å². The predicted molar refractivity (Wildman–Crippen MR) is 139 cm³/mol. The quantitative estimate of drug-likeness (QED) is 0.359. The van der Waals surface area contributed by atoms with Gasteiger partial charge in [0.25, 0.3) is 5.91 Å². The molecule has 0 radical (unpaired) electrons. The van der Waals surface area contributed by atoms with Crippen LogP contribution >= 0.6 is 34.5 Å². The number of nitrogens with one attached hydrogen (secondary N) is 1. The summed E-state index contributed by atoms with van der Waals surface area (Å²) in [5, 5.41) is 12.2. The molecule has 10 heteroatoms. The SMILES string of the molecule is O=C(Nc1ccc(-c2csnn2)cc1)c1csc(C2CCN(C(=O)Cc3ccccc3Cl)CC2)n1. The van der Waals surface area contributed by atoms with E-state index in [1.807, 2.05) is 58.8 Å². The Labute approximate surface area is 216 Å². The first-order valence-electron chi connectivity index (χ1n) is 11.2. The van der Waals surface area contributed by atoms with Crippen molar-refractivity contribution in [1.29, 1.82) is 0 Å². The molecule has 5 rings (SSSR count). The lowest BCUT2D eigenvalue weighted by Crippen LogP contribution is -2.38. The van der Waals surface area contributed by atoms with Crippen LogP contribution < -0.4 is 5.32 Å². The zero-order valence-corrected chi connectivity index (χ0v) is 21.1. The maximum Gasteiger partial charge on any atom is 0.275 e. The molecule has 1 saturated heterocycles. The fourth-order valence-corrected chi connectivity index (χ4v) is 5.72. The van der Waals surface area contributed by atoms with Crippen molar-refractivity contribution < 1.29 is 9.59 Å². The summed E-state index contributed by atoms with van der Waals surface area (Å²) < 4.78 is 3.87. The third-order valence-electron chi connectivity index (χ3n) is 6.05. The number of aromatic nitrogens is 3. The fraction of sp³-hybridized carbons (Fsp3) is 0.240. The number of rotatable bonds is 6. The number of halogens is 1. The molecule has 2 aromatic heterocycles. The highest BCUT2D eigenvalue weighted by molar-refractivity contribution is 7.10. The van der Waals surface area contributed by atoms with Crippen LogP contribution in [0.1, 0.15) is 39.8 Å². The molecular formula is C25H22ClN5O2S2. The molecule has 0 saturated carbocycles. The van der Waals surface area contributed by atoms with E-state index in [1.54, 1.807) is 5.38 Å². The van der Waals surface area contributed by atoms with Gasteiger partial charge in [0.2, 0.25) is 5.91 Å². The van der Waals surface area contributed by atoms with Crippen LogP contribution in [-0.4, -0.2) is 44.4 Å². The number of anilines is 1. The number of hydrogen-bond donors (Lipinski definition) is 1. The van der Waals surface area contributed by atoms with Gasteiger partial charge in [-0.15, -0.1) is 16.4 Å². The second kappa shape index (κ2) is 10.6. The van der Waals surface area contributed by atoms with E-state index in [2.05, 4.69) is 19.9 Å². The number of thiazole rings is 1. The molecular weight excluding hydrogens is 502 g/mol. The summed E-state index contributed by atoms with van der Waals surface area (Å²) in [6, 6.07) is 14.9. The lowest BCUT2D eigenvalue weighted by atomic mass is 9.97. The second-order valence-electron chi connectivity index (χ2n) is 8.32. The lowest BCUT2D eigenvalue weighted by Gasteiger charge is -2.31. The molecule has 1 aliphatic heterocycles. The maximum absolute atomic E-state index is 12.7. The molecule has 1 N–H and O–H groups in total. The van der Waals surface area contributed by atoms with Gasteiger partial charge < -0.3 is 10.2 Å². The van der Waals surface area contributed by atoms with Gasteiger partial charge in [-0.05, 0) is 48.1 Å². The molecule has 0 aliphatic carbocycles. The molecule has 4 aromatic rings. The molecule has 0 unspecified atom stereocenters. The van der Waals surface area contributed by atoms with Gasteiger partial charge in [0.15, 0.2) is 0 Å². The van der Waals surface area contributed by atoms with Crippen molar-refractivity contribution in [2.45, 2.75) is 25.2 Å². The van der Waals surface area contributed by atoms with Gasteiger partial charge in [0.05, 0.1) is 11.4 Å². The van der Waals surface area contributed by atoms with Gasteiger partial charge in [-0.25, -0.2) is 4.98 Å². The van der Waals surface area contributed by atoms with Crippen LogP contribution in [0.25, 0.3) is 11.3 Å². The first-order chi connectivity index (χ1) is 17.1. The number of hydrogen-bond acceptors (Lipinski definition) is 7. The van der Waals surface area contributed by atoms with Crippen LogP contribution in [0.3, 0.4) is 0 Å². The Balaban J connectivity index is 1.14. The number of carbonyl (C=O) groups excluding carboxylic acids is 2. The van der Waals surface area contributed by atoms with Gasteiger partial charge in [0.1, 0.15) is 11.4 Å². The van der Waals surface area contributed by atoms with Crippen LogP contribution in [0, 0.1) is 0 Å². The normalized spacial score (nSPS) is 14.1. The number of piperidine rings is 1. The highest BCUT2D eigenvalue weighted by Crippen LogP contribution is 2.31. The lowest BCUT2D eigenvalue weighted by molar-refractivity contribution is -0.131. The summed E-state index contributed by atoms with van der Waals surface area (Å²) in [5.74, 6) is 0.104. The fourth-order valence-electron chi connectivity index (χ4n) is 4.08. The Morgan fingerprint density at radius 3 is 2.54 bits per heavy atom. The van der Waals surface area contributed by atoms with Gasteiger partial charge in [-0.2, -0.15) is 0 Å². The van der Waals surface area contributed by atoms with E-state index < -0.39 is 0 Å². The Kier molecular flexibility index (Phi) is 7.17. The van der Waals surface area contributed by atoms with E-state index in [4.69, 9.17) is 11.6 Å². The average molecular weight is 524 g/mol. The number of nitrogens with zero attached hydrogens (tertiary/aromatic N) is 4. The summed E-state index contributed by atoms with van der Waals surface area (Å²) in [4.78, 5) is 31.9. The average Bonchev–Trinajstić information content (AvgIpc) is 3.59. The van der Waals surface area contributed by atoms with Crippen LogP contribution in [0.2, 0.25) is 5.02 Å². The van der Waals surface area contributed by atoms with Gasteiger partial charge in [0, 0.05) is 46.0 Å². The van der Waals surface area contributed by atoms with Crippen molar-refractivity contribution in [2.75, 3.05) is 18.4 Å². The highest BCUT2D eigenvalue weighted by Gasteiger charge is 2.26. The second-order valence-corrected chi connectivity index (χ2v) is 10.2. The van der Waals surface area contributed by atoms with Crippen LogP contribution in [0.15, 0.2) is 59.3 Å². The topological polar surface area (TPSA) is 88.1 Å². The van der Waals surface area contributed by atoms with E-state index in [1.165, 1.54) is 22.9 Å². The van der Waals surface area contributed by atoms with Crippen molar-refractivity contribution in [1.82, 2.24) is 19.5 Å². The molecule has 1 fully saturated rings. The van der Waals surface area contributed by atoms with E-state index in [0.29, 0.717) is 35.9 Å². The minimum Gasteiger partial charge on any atom is -0.342 e. The molecule has 3 heterocycles. The summed E-state index contributed by atoms with van der Waals surface area (Å²) >= 11 is 9.01. The van der Waals surface area contributed by atoms with Crippen molar-refractivity contribution in [3.8, 4) is 11.3 Å². The van der Waals surface area contributed by atoms with Crippen molar-refractivity contribution in [3.05, 3.63) is 80.6 Å². The molecule has 178 valence electrons. The monoisotopic (exact) mass is 523 g/mol. The first kappa shape index (κ1) is 23.6. The third kappa shape index (κ3) is 5.58. The summed E-state index contributed by atoms with van der Waals surface area (Å²) in [6.07, 6.45) is 1.97. The summed E-state index contributed by atoms with van der Waals surface area (Å²) in [5.41, 5.74) is 3.72. The first-order valence-corrected chi connectivity index (χ1v) is 13.3. The van der Waals surface area contributed by atoms with E-state index in [0.717, 1.165) is 34.7 Å². The zero-order valence-electron chi connectivity index (χ0n) is 18.7. The van der Waals surface area contributed by atoms with E-state index in [-0.39, 0.29) is 17.7 Å². The molecule has 0 bridgehead atoms. The molecule has 0 spiro atoms. The Hall–Kier alpha value is -3.14. The minimum absolute atomic E-state index is 0.0906. The van der Waals surface area contributed by atoms with Gasteiger partial charge in [-0.3, -0.25) is 9.59 Å². The smallest absolute Gasteiger partial charge is 0.275 e. The molecule has 2 amide bonds. The molecule has 1 aliphatic rings. The van der Waals surface area contributed by atoms with Crippen LogP contribution in [0.5, 0.6) is 0 Å². The molecule has 7 nitrogen and oxygen atoms in total. The summed E-state index contributed by atoms with van der Waals surface area (Å²) in [6.45, 7) is 1.35. The van der Waals surface area contributed by atoms with Gasteiger partial charge >= 0.3 is 0 Å². The van der Waals surface area contributed by atoms with E-state index >= 15 is 0 Å². The molecule has 0 atom stereocenters. The number of benzene rings is 2. The summed E-state index contributed by atoms with van der Waals surface area (Å²) in [7, 11) is 0. The Morgan fingerprint density at radius 2 is 1.83 bits per heavy atom. The number of likely N-dealkylation sites (tertiary alicyclic amines) is 1. The van der Waals surface area contributed by atoms with Crippen LogP contribution in [-0.2, 0) is 11.2 Å². The van der Waals surface area contributed by atoms with Crippen molar-refractivity contribution in [2.24, 2.45) is 0 Å². The van der Waals surface area contributed by atoms with E-state index in [9.17, 15) is 9.59 Å². The van der Waals surface area contributed by atoms with Crippen molar-refractivity contribution >= 4 is 52.0 Å². The molecule has 35 heavy (non-hydrogen) atoms. The number of amides is 2. The third-order valence-corrected chi connectivity index (χ3v) is 7.93. The minimum atomic E-state index is -0.233. The Bertz CT molecular complexity index is 1320. The highest BCUT2D eigenvalue weighted by atomic mass is 35.5. The van der Waals surface area contributed by atoms with Gasteiger partial charge in [-0.1, -0.05) is 46.4 Å². The largest absolute Gasteiger partial charge is 0.342 e. The Morgan fingerprint density at radius 1 is 1.06 bits per heavy atom.